The number of nitrogens with zero attached hydrogens (tertiary/aromatic N) is 1. The fourth-order valence-corrected chi connectivity index (χ4v) is 7.23. The Morgan fingerprint density at radius 2 is 0.803 bits per heavy atom. The molecule has 0 rings (SSSR count). The molecule has 8 heteroatoms. The van der Waals surface area contributed by atoms with Gasteiger partial charge in [0.2, 0.25) is 0 Å². The van der Waals surface area contributed by atoms with Crippen molar-refractivity contribution in [1.29, 1.82) is 0 Å². The molecule has 2 atom stereocenters. The molecule has 0 saturated carbocycles. The van der Waals surface area contributed by atoms with E-state index in [0.29, 0.717) is 12.8 Å². The lowest BCUT2D eigenvalue weighted by molar-refractivity contribution is -0.889. The van der Waals surface area contributed by atoms with Crippen LogP contribution < -0.4 is 5.11 Å². The van der Waals surface area contributed by atoms with E-state index in [-0.39, 0.29) is 42.7 Å². The summed E-state index contributed by atoms with van der Waals surface area (Å²) < 4.78 is 17.2. The monoisotopic (exact) mass is 920 g/mol. The third kappa shape index (κ3) is 45.4. The fourth-order valence-electron chi connectivity index (χ4n) is 7.23. The zero-order chi connectivity index (χ0) is 48.4. The van der Waals surface area contributed by atoms with Crippen LogP contribution in [0.5, 0.6) is 0 Å². The van der Waals surface area contributed by atoms with Crippen LogP contribution in [0, 0.1) is 0 Å². The first-order chi connectivity index (χ1) is 32.1. The summed E-state index contributed by atoms with van der Waals surface area (Å²) in [5.41, 5.74) is 0. The summed E-state index contributed by atoms with van der Waals surface area (Å²) in [7, 11) is 5.40. The standard InChI is InChI=1S/C58H97NO7/c1-6-8-10-12-14-16-18-20-22-24-26-27-28-29-31-33-35-37-39-41-43-45-47-49-57(61)66-54(52-64-51-50-55(58(62)63)59(3,4)5)53-65-56(60)48-46-44-42-40-38-36-34-32-30-25-23-21-19-17-15-13-11-9-7-2/h8-11,14-17,20-23,26-27,30,32,54-55H,6-7,12-13,18-19,24-25,28-29,31,33-53H2,1-5H3/b10-8+,11-9+,16-14+,17-15+,22-20+,23-21+,27-26+,32-30+. The summed E-state index contributed by atoms with van der Waals surface area (Å²) in [6.07, 6.45) is 64.3. The molecular formula is C58H97NO7. The molecule has 0 aliphatic carbocycles. The molecule has 0 aromatic carbocycles. The number of carboxylic acids is 1. The zero-order valence-electron chi connectivity index (χ0n) is 42.8. The lowest BCUT2D eigenvalue weighted by Gasteiger charge is -2.34. The van der Waals surface area contributed by atoms with Crippen molar-refractivity contribution in [2.75, 3.05) is 41.0 Å². The Kier molecular flexibility index (Phi) is 45.0. The van der Waals surface area contributed by atoms with Crippen LogP contribution in [0.15, 0.2) is 97.2 Å². The van der Waals surface area contributed by atoms with Gasteiger partial charge in [0.25, 0.3) is 0 Å². The fraction of sp³-hybridized carbons (Fsp3) is 0.672. The summed E-state index contributed by atoms with van der Waals surface area (Å²) >= 11 is 0. The van der Waals surface area contributed by atoms with E-state index >= 15 is 0 Å². The largest absolute Gasteiger partial charge is 0.544 e. The van der Waals surface area contributed by atoms with Crippen LogP contribution >= 0.6 is 0 Å². The molecule has 0 aliphatic rings. The average Bonchev–Trinajstić information content (AvgIpc) is 3.28. The predicted molar refractivity (Wildman–Crippen MR) is 277 cm³/mol. The zero-order valence-corrected chi connectivity index (χ0v) is 42.8. The number of likely N-dealkylation sites (N-methyl/N-ethyl adjacent to an activating group) is 1. The maximum Gasteiger partial charge on any atom is 0.306 e. The maximum atomic E-state index is 12.8. The summed E-state index contributed by atoms with van der Waals surface area (Å²) in [4.78, 5) is 37.1. The summed E-state index contributed by atoms with van der Waals surface area (Å²) in [6.45, 7) is 4.42. The molecule has 0 aliphatic heterocycles. The van der Waals surface area contributed by atoms with E-state index in [1.165, 1.54) is 57.8 Å². The number of unbranched alkanes of at least 4 members (excludes halogenated alkanes) is 16. The number of carbonyl (C=O) groups excluding carboxylic acids is 3. The van der Waals surface area contributed by atoms with E-state index < -0.39 is 18.1 Å². The van der Waals surface area contributed by atoms with E-state index in [2.05, 4.69) is 111 Å². The third-order valence-electron chi connectivity index (χ3n) is 11.2. The van der Waals surface area contributed by atoms with Crippen LogP contribution in [0.25, 0.3) is 0 Å². The van der Waals surface area contributed by atoms with Crippen molar-refractivity contribution >= 4 is 17.9 Å². The Hall–Kier alpha value is -3.75. The normalized spacial score (nSPS) is 13.7. The molecule has 0 aromatic heterocycles. The highest BCUT2D eigenvalue weighted by Gasteiger charge is 2.25. The van der Waals surface area contributed by atoms with Gasteiger partial charge in [-0.15, -0.1) is 0 Å². The van der Waals surface area contributed by atoms with Crippen LogP contribution in [-0.2, 0) is 28.6 Å². The number of ether oxygens (including phenoxy) is 3. The van der Waals surface area contributed by atoms with Crippen LogP contribution in [-0.4, -0.2) is 75.5 Å². The third-order valence-corrected chi connectivity index (χ3v) is 11.2. The minimum Gasteiger partial charge on any atom is -0.544 e. The minimum atomic E-state index is -1.13. The van der Waals surface area contributed by atoms with Gasteiger partial charge in [-0.1, -0.05) is 188 Å². The summed E-state index contributed by atoms with van der Waals surface area (Å²) in [5.74, 6) is -1.76. The predicted octanol–water partition coefficient (Wildman–Crippen LogP) is 14.1. The second kappa shape index (κ2) is 47.7. The molecule has 376 valence electrons. The molecule has 0 heterocycles. The molecule has 0 radical (unpaired) electrons. The van der Waals surface area contributed by atoms with Gasteiger partial charge in [-0.2, -0.15) is 0 Å². The topological polar surface area (TPSA) is 102 Å². The van der Waals surface area contributed by atoms with Gasteiger partial charge in [-0.3, -0.25) is 9.59 Å². The van der Waals surface area contributed by atoms with Crippen molar-refractivity contribution in [1.82, 2.24) is 0 Å². The molecule has 0 N–H and O–H groups in total. The lowest BCUT2D eigenvalue weighted by atomic mass is 10.0. The minimum absolute atomic E-state index is 0.0290. The van der Waals surface area contributed by atoms with E-state index in [1.807, 2.05) is 0 Å². The van der Waals surface area contributed by atoms with Gasteiger partial charge in [0.15, 0.2) is 6.10 Å². The number of rotatable bonds is 46. The number of esters is 2. The van der Waals surface area contributed by atoms with Crippen LogP contribution in [0.1, 0.15) is 200 Å². The smallest absolute Gasteiger partial charge is 0.306 e. The summed E-state index contributed by atoms with van der Waals surface area (Å²) in [6, 6.07) is -0.735. The molecule has 2 unspecified atom stereocenters. The van der Waals surface area contributed by atoms with Gasteiger partial charge >= 0.3 is 11.9 Å². The highest BCUT2D eigenvalue weighted by Crippen LogP contribution is 2.15. The Morgan fingerprint density at radius 3 is 1.18 bits per heavy atom. The molecule has 0 amide bonds. The SMILES string of the molecule is CC/C=C/C/C=C/C/C=C/C/C=C/CCCCCCCCCCCCC(=O)OC(COCCC(C(=O)[O-])[N+](C)(C)C)COC(=O)CCCCCCCC/C=C/C/C=C/C/C=C/C/C=C/CC. The molecule has 0 aromatic rings. The van der Waals surface area contributed by atoms with Gasteiger partial charge < -0.3 is 28.6 Å². The van der Waals surface area contributed by atoms with E-state index in [1.54, 1.807) is 21.1 Å². The first kappa shape index (κ1) is 62.2. The quantitative estimate of drug-likeness (QED) is 0.0259. The average molecular weight is 920 g/mol. The number of quaternary nitrogens is 1. The van der Waals surface area contributed by atoms with Crippen LogP contribution in [0.2, 0.25) is 0 Å². The molecule has 0 saturated heterocycles. The molecule has 66 heavy (non-hydrogen) atoms. The number of aliphatic carboxylic acids is 1. The van der Waals surface area contributed by atoms with Crippen LogP contribution in [0.3, 0.4) is 0 Å². The Labute approximate surface area is 405 Å². The first-order valence-electron chi connectivity index (χ1n) is 26.3. The highest BCUT2D eigenvalue weighted by atomic mass is 16.6. The molecule has 0 fully saturated rings. The Balaban J connectivity index is 4.27. The van der Waals surface area contributed by atoms with Crippen molar-refractivity contribution in [2.45, 2.75) is 212 Å². The lowest BCUT2D eigenvalue weighted by Crippen LogP contribution is -2.55. The molecule has 0 spiro atoms. The summed E-state index contributed by atoms with van der Waals surface area (Å²) in [5, 5.41) is 11.7. The molecule has 0 bridgehead atoms. The van der Waals surface area contributed by atoms with Gasteiger partial charge in [-0.05, 0) is 89.9 Å². The molecule has 8 nitrogen and oxygen atoms in total. The highest BCUT2D eigenvalue weighted by molar-refractivity contribution is 5.70. The number of hydrogen-bond donors (Lipinski definition) is 0. The van der Waals surface area contributed by atoms with Crippen molar-refractivity contribution in [3.63, 3.8) is 0 Å². The van der Waals surface area contributed by atoms with Gasteiger partial charge in [0.05, 0.1) is 40.3 Å². The van der Waals surface area contributed by atoms with Gasteiger partial charge in [0.1, 0.15) is 12.6 Å². The second-order valence-electron chi connectivity index (χ2n) is 18.3. The number of carboxylic acid groups (broad SMARTS) is 1. The van der Waals surface area contributed by atoms with E-state index in [4.69, 9.17) is 14.2 Å². The Bertz CT molecular complexity index is 1400. The number of hydrogen-bond acceptors (Lipinski definition) is 7. The second-order valence-corrected chi connectivity index (χ2v) is 18.3. The van der Waals surface area contributed by atoms with E-state index in [0.717, 1.165) is 109 Å². The molecular weight excluding hydrogens is 823 g/mol. The number of allylic oxidation sites excluding steroid dienone is 16. The maximum absolute atomic E-state index is 12.8. The van der Waals surface area contributed by atoms with Gasteiger partial charge in [0, 0.05) is 19.3 Å². The van der Waals surface area contributed by atoms with Crippen molar-refractivity contribution in [2.24, 2.45) is 0 Å². The van der Waals surface area contributed by atoms with Crippen molar-refractivity contribution in [3.8, 4) is 0 Å². The van der Waals surface area contributed by atoms with Crippen molar-refractivity contribution in [3.05, 3.63) is 97.2 Å². The van der Waals surface area contributed by atoms with E-state index in [9.17, 15) is 19.5 Å². The van der Waals surface area contributed by atoms with Crippen molar-refractivity contribution < 1.29 is 38.2 Å². The Morgan fingerprint density at radius 1 is 0.455 bits per heavy atom. The first-order valence-corrected chi connectivity index (χ1v) is 26.3. The number of carbonyl (C=O) groups is 3. The van der Waals surface area contributed by atoms with Crippen LogP contribution in [0.4, 0.5) is 0 Å². The van der Waals surface area contributed by atoms with Gasteiger partial charge in [-0.25, -0.2) is 0 Å².